The molecule has 5 rings (SSSR count). The molecular formula is C26H21ClN6O4. The summed E-state index contributed by atoms with van der Waals surface area (Å²) < 4.78 is 6.98. The smallest absolute Gasteiger partial charge is 0.270 e. The van der Waals surface area contributed by atoms with E-state index < -0.39 is 11.0 Å². The van der Waals surface area contributed by atoms with Gasteiger partial charge in [-0.2, -0.15) is 4.98 Å². The number of carbonyl (C=O) groups is 1. The molecule has 1 aliphatic heterocycles. The van der Waals surface area contributed by atoms with Gasteiger partial charge in [-0.1, -0.05) is 48.0 Å². The van der Waals surface area contributed by atoms with Crippen molar-refractivity contribution in [3.63, 3.8) is 0 Å². The molecule has 0 spiro atoms. The number of nitrogens with one attached hydrogen (secondary N) is 2. The maximum atomic E-state index is 13.7. The Balaban J connectivity index is 1.60. The van der Waals surface area contributed by atoms with Gasteiger partial charge in [-0.05, 0) is 36.8 Å². The van der Waals surface area contributed by atoms with Crippen LogP contribution in [0.15, 0.2) is 84.1 Å². The van der Waals surface area contributed by atoms with Crippen LogP contribution in [0.2, 0.25) is 5.02 Å². The Hall–Kier alpha value is -4.70. The minimum absolute atomic E-state index is 0.0707. The second kappa shape index (κ2) is 9.75. The largest absolute Gasteiger partial charge is 0.495 e. The van der Waals surface area contributed by atoms with Gasteiger partial charge in [-0.3, -0.25) is 14.9 Å². The van der Waals surface area contributed by atoms with Gasteiger partial charge in [0.2, 0.25) is 5.95 Å². The van der Waals surface area contributed by atoms with Crippen molar-refractivity contribution in [2.45, 2.75) is 13.0 Å². The lowest BCUT2D eigenvalue weighted by molar-refractivity contribution is -0.384. The number of fused-ring (bicyclic) bond motifs is 1. The van der Waals surface area contributed by atoms with E-state index in [2.05, 4.69) is 20.7 Å². The minimum atomic E-state index is -0.650. The number of carbonyl (C=O) groups excluding carboxylic acids is 1. The summed E-state index contributed by atoms with van der Waals surface area (Å²) in [6.07, 6.45) is 0. The number of benzene rings is 3. The molecule has 10 nitrogen and oxygen atoms in total. The Morgan fingerprint density at radius 1 is 1.14 bits per heavy atom. The van der Waals surface area contributed by atoms with Crippen LogP contribution in [0.1, 0.15) is 18.5 Å². The molecule has 1 unspecified atom stereocenters. The number of para-hydroxylation sites is 2. The zero-order chi connectivity index (χ0) is 26.1. The molecule has 0 fully saturated rings. The van der Waals surface area contributed by atoms with Crippen molar-refractivity contribution in [2.24, 2.45) is 0 Å². The number of hydrogen-bond donors (Lipinski definition) is 2. The van der Waals surface area contributed by atoms with Crippen LogP contribution >= 0.6 is 11.6 Å². The monoisotopic (exact) mass is 516 g/mol. The molecule has 1 atom stereocenters. The van der Waals surface area contributed by atoms with Gasteiger partial charge in [0.05, 0.1) is 23.3 Å². The van der Waals surface area contributed by atoms with E-state index in [9.17, 15) is 14.9 Å². The van der Waals surface area contributed by atoms with Gasteiger partial charge in [0.25, 0.3) is 11.6 Å². The summed E-state index contributed by atoms with van der Waals surface area (Å²) in [6.45, 7) is 1.78. The molecular weight excluding hydrogens is 496 g/mol. The predicted molar refractivity (Wildman–Crippen MR) is 140 cm³/mol. The van der Waals surface area contributed by atoms with Crippen LogP contribution in [0.25, 0.3) is 11.4 Å². The summed E-state index contributed by atoms with van der Waals surface area (Å²) in [5.74, 6) is 0.847. The topological polar surface area (TPSA) is 124 Å². The van der Waals surface area contributed by atoms with Crippen LogP contribution < -0.4 is 15.4 Å². The first-order chi connectivity index (χ1) is 17.9. The maximum absolute atomic E-state index is 13.7. The molecule has 2 heterocycles. The Labute approximate surface area is 216 Å². The van der Waals surface area contributed by atoms with Crippen molar-refractivity contribution in [3.8, 4) is 17.1 Å². The molecule has 0 saturated heterocycles. The van der Waals surface area contributed by atoms with Crippen molar-refractivity contribution in [1.29, 1.82) is 0 Å². The van der Waals surface area contributed by atoms with E-state index >= 15 is 0 Å². The normalized spacial score (nSPS) is 14.5. The first-order valence-corrected chi connectivity index (χ1v) is 11.6. The average Bonchev–Trinajstić information content (AvgIpc) is 3.32. The third-order valence-corrected chi connectivity index (χ3v) is 6.21. The Morgan fingerprint density at radius 2 is 1.89 bits per heavy atom. The second-order valence-corrected chi connectivity index (χ2v) is 8.72. The molecule has 2 N–H and O–H groups in total. The number of nitro benzene ring substituents is 1. The van der Waals surface area contributed by atoms with E-state index in [1.807, 2.05) is 18.2 Å². The van der Waals surface area contributed by atoms with E-state index in [-0.39, 0.29) is 17.4 Å². The van der Waals surface area contributed by atoms with Crippen LogP contribution in [-0.2, 0) is 4.79 Å². The molecule has 0 saturated carbocycles. The Morgan fingerprint density at radius 3 is 2.62 bits per heavy atom. The lowest BCUT2D eigenvalue weighted by Crippen LogP contribution is -2.31. The molecule has 0 aliphatic carbocycles. The third-order valence-electron chi connectivity index (χ3n) is 5.95. The number of methoxy groups -OCH3 is 1. The summed E-state index contributed by atoms with van der Waals surface area (Å²) in [7, 11) is 1.53. The third kappa shape index (κ3) is 4.62. The number of ether oxygens (including phenoxy) is 1. The molecule has 1 amide bonds. The molecule has 4 aromatic rings. The fourth-order valence-electron chi connectivity index (χ4n) is 4.22. The zero-order valence-corrected chi connectivity index (χ0v) is 20.6. The molecule has 186 valence electrons. The first kappa shape index (κ1) is 24.0. The van der Waals surface area contributed by atoms with Crippen LogP contribution in [0.4, 0.5) is 17.3 Å². The lowest BCUT2D eigenvalue weighted by atomic mass is 9.95. The highest BCUT2D eigenvalue weighted by molar-refractivity contribution is 6.30. The first-order valence-electron chi connectivity index (χ1n) is 11.2. The van der Waals surface area contributed by atoms with Crippen molar-refractivity contribution in [3.05, 3.63) is 105 Å². The number of non-ortho nitro benzene ring substituents is 1. The van der Waals surface area contributed by atoms with E-state index in [1.165, 1.54) is 19.2 Å². The van der Waals surface area contributed by atoms with Crippen molar-refractivity contribution >= 4 is 34.8 Å². The second-order valence-electron chi connectivity index (χ2n) is 8.28. The van der Waals surface area contributed by atoms with Gasteiger partial charge in [0, 0.05) is 28.4 Å². The number of anilines is 2. The number of amides is 1. The standard InChI is InChI=1S/C26H21ClN6O4/c1-15-22(25(34)29-20-8-3-4-9-21(20)37-2)23(16-10-12-18(27)13-11-16)32-26(28-15)30-24(31-32)17-6-5-7-19(14-17)33(35)36/h3-14,23H,1-2H3,(H,29,34)(H,28,30,31). The van der Waals surface area contributed by atoms with Crippen molar-refractivity contribution in [2.75, 3.05) is 17.7 Å². The summed E-state index contributed by atoms with van der Waals surface area (Å²) >= 11 is 6.14. The molecule has 3 aromatic carbocycles. The zero-order valence-electron chi connectivity index (χ0n) is 19.8. The fourth-order valence-corrected chi connectivity index (χ4v) is 4.34. The van der Waals surface area contributed by atoms with Crippen LogP contribution in [0.3, 0.4) is 0 Å². The van der Waals surface area contributed by atoms with E-state index in [0.29, 0.717) is 39.2 Å². The summed E-state index contributed by atoms with van der Waals surface area (Å²) in [6, 6.07) is 19.7. The van der Waals surface area contributed by atoms with Gasteiger partial charge >= 0.3 is 0 Å². The highest BCUT2D eigenvalue weighted by Crippen LogP contribution is 2.38. The van der Waals surface area contributed by atoms with Gasteiger partial charge in [-0.25, -0.2) is 4.68 Å². The highest BCUT2D eigenvalue weighted by atomic mass is 35.5. The van der Waals surface area contributed by atoms with E-state index in [4.69, 9.17) is 16.3 Å². The highest BCUT2D eigenvalue weighted by Gasteiger charge is 2.35. The number of nitro groups is 1. The van der Waals surface area contributed by atoms with Crippen molar-refractivity contribution in [1.82, 2.24) is 14.8 Å². The van der Waals surface area contributed by atoms with Gasteiger partial charge in [0.1, 0.15) is 11.8 Å². The summed E-state index contributed by atoms with van der Waals surface area (Å²) in [5.41, 5.74) is 2.68. The molecule has 37 heavy (non-hydrogen) atoms. The molecule has 0 radical (unpaired) electrons. The molecule has 11 heteroatoms. The van der Waals surface area contributed by atoms with Crippen molar-refractivity contribution < 1.29 is 14.5 Å². The van der Waals surface area contributed by atoms with Crippen LogP contribution in [0, 0.1) is 10.1 Å². The number of nitrogens with zero attached hydrogens (tertiary/aromatic N) is 4. The maximum Gasteiger partial charge on any atom is 0.270 e. The molecule has 1 aliphatic rings. The average molecular weight is 517 g/mol. The van der Waals surface area contributed by atoms with E-state index in [0.717, 1.165) is 5.56 Å². The Bertz CT molecular complexity index is 1550. The van der Waals surface area contributed by atoms with Gasteiger partial charge in [0.15, 0.2) is 5.82 Å². The summed E-state index contributed by atoms with van der Waals surface area (Å²) in [5, 5.41) is 22.6. The number of hydrogen-bond acceptors (Lipinski definition) is 7. The summed E-state index contributed by atoms with van der Waals surface area (Å²) in [4.78, 5) is 29.1. The molecule has 0 bridgehead atoms. The number of halogens is 1. The SMILES string of the molecule is COc1ccccc1NC(=O)C1=C(C)Nc2nc(-c3cccc([N+](=O)[O-])c3)nn2C1c1ccc(Cl)cc1. The van der Waals surface area contributed by atoms with Gasteiger partial charge < -0.3 is 15.4 Å². The minimum Gasteiger partial charge on any atom is -0.495 e. The molecule has 1 aromatic heterocycles. The predicted octanol–water partition coefficient (Wildman–Crippen LogP) is 5.44. The Kier molecular flexibility index (Phi) is 6.33. The number of rotatable bonds is 6. The van der Waals surface area contributed by atoms with Crippen LogP contribution in [0.5, 0.6) is 5.75 Å². The number of allylic oxidation sites excluding steroid dienone is 1. The van der Waals surface area contributed by atoms with E-state index in [1.54, 1.807) is 54.1 Å². The fraction of sp³-hybridized carbons (Fsp3) is 0.115. The van der Waals surface area contributed by atoms with Crippen LogP contribution in [-0.4, -0.2) is 32.7 Å². The number of aromatic nitrogens is 3. The lowest BCUT2D eigenvalue weighted by Gasteiger charge is -2.28. The quantitative estimate of drug-likeness (QED) is 0.258. The van der Waals surface area contributed by atoms with Gasteiger partial charge in [-0.15, -0.1) is 5.10 Å².